The molecular weight excluding hydrogens is 212 g/mol. The van der Waals surface area contributed by atoms with Crippen LogP contribution in [-0.4, -0.2) is 24.9 Å². The second-order valence-corrected chi connectivity index (χ2v) is 3.42. The van der Waals surface area contributed by atoms with Crippen LogP contribution in [-0.2, 0) is 4.74 Å². The monoisotopic (exact) mass is 230 g/mol. The number of unbranched alkanes of at least 4 members (excludes halogenated alkanes) is 1. The van der Waals surface area contributed by atoms with E-state index in [0.717, 1.165) is 24.5 Å². The van der Waals surface area contributed by atoms with E-state index in [2.05, 4.69) is 6.92 Å². The van der Waals surface area contributed by atoms with Crippen molar-refractivity contribution in [2.75, 3.05) is 19.8 Å². The predicted octanol–water partition coefficient (Wildman–Crippen LogP) is 3.14. The smallest absolute Gasteiger partial charge is 0.0697 e. The first-order valence-electron chi connectivity index (χ1n) is 5.20. The van der Waals surface area contributed by atoms with Crippen molar-refractivity contribution in [3.05, 3.63) is 35.4 Å². The van der Waals surface area contributed by atoms with E-state index < -0.39 is 0 Å². The second kappa shape index (κ2) is 11.5. The average molecular weight is 231 g/mol. The highest BCUT2D eigenvalue weighted by molar-refractivity contribution is 6.30. The SMILES string of the molecule is CCCCOCCO.Clc1ccccc1. The molecule has 0 heterocycles. The van der Waals surface area contributed by atoms with Crippen LogP contribution in [0.25, 0.3) is 0 Å². The Kier molecular flexibility index (Phi) is 11.1. The van der Waals surface area contributed by atoms with Gasteiger partial charge in [-0.05, 0) is 18.6 Å². The molecule has 86 valence electrons. The number of rotatable bonds is 5. The Bertz CT molecular complexity index is 208. The molecule has 0 aliphatic rings. The van der Waals surface area contributed by atoms with Crippen molar-refractivity contribution in [1.29, 1.82) is 0 Å². The first-order chi connectivity index (χ1) is 7.31. The quantitative estimate of drug-likeness (QED) is 0.788. The van der Waals surface area contributed by atoms with Gasteiger partial charge in [0.2, 0.25) is 0 Å². The third-order valence-electron chi connectivity index (χ3n) is 1.61. The highest BCUT2D eigenvalue weighted by Crippen LogP contribution is 2.03. The number of hydrogen-bond donors (Lipinski definition) is 1. The van der Waals surface area contributed by atoms with Crippen LogP contribution in [0.4, 0.5) is 0 Å². The molecule has 0 fully saturated rings. The molecule has 0 aromatic heterocycles. The van der Waals surface area contributed by atoms with Crippen LogP contribution in [0.15, 0.2) is 30.3 Å². The molecular formula is C12H19ClO2. The molecule has 1 aromatic carbocycles. The topological polar surface area (TPSA) is 29.5 Å². The predicted molar refractivity (Wildman–Crippen MR) is 64.3 cm³/mol. The van der Waals surface area contributed by atoms with E-state index in [9.17, 15) is 0 Å². The summed E-state index contributed by atoms with van der Waals surface area (Å²) in [6.45, 7) is 3.53. The van der Waals surface area contributed by atoms with E-state index in [0.29, 0.717) is 6.61 Å². The summed E-state index contributed by atoms with van der Waals surface area (Å²) < 4.78 is 4.97. The molecule has 0 spiro atoms. The third kappa shape index (κ3) is 11.4. The maximum absolute atomic E-state index is 8.24. The molecule has 0 saturated heterocycles. The summed E-state index contributed by atoms with van der Waals surface area (Å²) in [5.74, 6) is 0. The van der Waals surface area contributed by atoms with E-state index in [1.807, 2.05) is 30.3 Å². The van der Waals surface area contributed by atoms with Crippen LogP contribution in [0.3, 0.4) is 0 Å². The molecule has 0 aliphatic heterocycles. The molecule has 0 unspecified atom stereocenters. The standard InChI is InChI=1S/C6H5Cl.C6H14O2/c7-6-4-2-1-3-5-6;1-2-3-5-8-6-4-7/h1-5H;7H,2-6H2,1H3. The van der Waals surface area contributed by atoms with Gasteiger partial charge in [0, 0.05) is 11.6 Å². The Hall–Kier alpha value is -0.570. The molecule has 1 aromatic rings. The van der Waals surface area contributed by atoms with Gasteiger partial charge in [0.15, 0.2) is 0 Å². The van der Waals surface area contributed by atoms with Crippen LogP contribution >= 0.6 is 11.6 Å². The summed E-state index contributed by atoms with van der Waals surface area (Å²) in [5, 5.41) is 9.03. The van der Waals surface area contributed by atoms with Crippen LogP contribution in [0.1, 0.15) is 19.8 Å². The second-order valence-electron chi connectivity index (χ2n) is 2.99. The van der Waals surface area contributed by atoms with Gasteiger partial charge < -0.3 is 9.84 Å². The van der Waals surface area contributed by atoms with Gasteiger partial charge in [-0.25, -0.2) is 0 Å². The molecule has 0 bridgehead atoms. The molecule has 0 saturated carbocycles. The Labute approximate surface area is 96.8 Å². The van der Waals surface area contributed by atoms with Crippen molar-refractivity contribution in [1.82, 2.24) is 0 Å². The van der Waals surface area contributed by atoms with Crippen molar-refractivity contribution < 1.29 is 9.84 Å². The van der Waals surface area contributed by atoms with Crippen LogP contribution in [0.2, 0.25) is 5.02 Å². The summed E-state index contributed by atoms with van der Waals surface area (Å²) in [5.41, 5.74) is 0. The molecule has 0 amide bonds. The molecule has 15 heavy (non-hydrogen) atoms. The Morgan fingerprint density at radius 2 is 1.87 bits per heavy atom. The van der Waals surface area contributed by atoms with Gasteiger partial charge in [-0.1, -0.05) is 43.1 Å². The van der Waals surface area contributed by atoms with E-state index in [1.54, 1.807) is 0 Å². The van der Waals surface area contributed by atoms with Crippen LogP contribution < -0.4 is 0 Å². The summed E-state index contributed by atoms with van der Waals surface area (Å²) >= 11 is 5.54. The van der Waals surface area contributed by atoms with Gasteiger partial charge in [-0.3, -0.25) is 0 Å². The zero-order valence-electron chi connectivity index (χ0n) is 9.16. The lowest BCUT2D eigenvalue weighted by atomic mass is 10.4. The van der Waals surface area contributed by atoms with E-state index in [-0.39, 0.29) is 6.61 Å². The first kappa shape index (κ1) is 14.4. The lowest BCUT2D eigenvalue weighted by Crippen LogP contribution is -1.99. The fraction of sp³-hybridized carbons (Fsp3) is 0.500. The Balaban J connectivity index is 0.000000262. The number of aliphatic hydroxyl groups excluding tert-OH is 1. The molecule has 1 rings (SSSR count). The van der Waals surface area contributed by atoms with Gasteiger partial charge in [-0.2, -0.15) is 0 Å². The van der Waals surface area contributed by atoms with Crippen LogP contribution in [0, 0.1) is 0 Å². The highest BCUT2D eigenvalue weighted by atomic mass is 35.5. The van der Waals surface area contributed by atoms with E-state index in [1.165, 1.54) is 0 Å². The van der Waals surface area contributed by atoms with Gasteiger partial charge in [0.1, 0.15) is 0 Å². The Morgan fingerprint density at radius 3 is 2.27 bits per heavy atom. The molecule has 0 aliphatic carbocycles. The molecule has 2 nitrogen and oxygen atoms in total. The maximum atomic E-state index is 8.24. The largest absolute Gasteiger partial charge is 0.394 e. The van der Waals surface area contributed by atoms with Gasteiger partial charge >= 0.3 is 0 Å². The summed E-state index contributed by atoms with van der Waals surface area (Å²) in [6, 6.07) is 9.44. The van der Waals surface area contributed by atoms with E-state index in [4.69, 9.17) is 21.4 Å². The molecule has 1 N–H and O–H groups in total. The Morgan fingerprint density at radius 1 is 1.20 bits per heavy atom. The van der Waals surface area contributed by atoms with Gasteiger partial charge in [-0.15, -0.1) is 0 Å². The number of aliphatic hydroxyl groups is 1. The first-order valence-corrected chi connectivity index (χ1v) is 5.58. The molecule has 3 heteroatoms. The van der Waals surface area contributed by atoms with Crippen molar-refractivity contribution in [2.45, 2.75) is 19.8 Å². The van der Waals surface area contributed by atoms with Crippen molar-refractivity contribution >= 4 is 11.6 Å². The minimum atomic E-state index is 0.143. The normalized spacial score (nSPS) is 9.27. The van der Waals surface area contributed by atoms with E-state index >= 15 is 0 Å². The minimum absolute atomic E-state index is 0.143. The minimum Gasteiger partial charge on any atom is -0.394 e. The number of hydrogen-bond acceptors (Lipinski definition) is 2. The fourth-order valence-corrected chi connectivity index (χ4v) is 0.973. The maximum Gasteiger partial charge on any atom is 0.0697 e. The zero-order chi connectivity index (χ0) is 11.4. The van der Waals surface area contributed by atoms with Gasteiger partial charge in [0.25, 0.3) is 0 Å². The molecule has 0 atom stereocenters. The highest BCUT2D eigenvalue weighted by Gasteiger charge is 1.82. The summed E-state index contributed by atoms with van der Waals surface area (Å²) in [4.78, 5) is 0. The van der Waals surface area contributed by atoms with Crippen molar-refractivity contribution in [3.63, 3.8) is 0 Å². The number of halogens is 1. The van der Waals surface area contributed by atoms with Crippen molar-refractivity contribution in [2.24, 2.45) is 0 Å². The number of benzene rings is 1. The third-order valence-corrected chi connectivity index (χ3v) is 1.86. The molecule has 0 radical (unpaired) electrons. The van der Waals surface area contributed by atoms with Crippen LogP contribution in [0.5, 0.6) is 0 Å². The summed E-state index contributed by atoms with van der Waals surface area (Å²) in [7, 11) is 0. The zero-order valence-corrected chi connectivity index (χ0v) is 9.91. The lowest BCUT2D eigenvalue weighted by molar-refractivity contribution is 0.0904. The van der Waals surface area contributed by atoms with Gasteiger partial charge in [0.05, 0.1) is 13.2 Å². The lowest BCUT2D eigenvalue weighted by Gasteiger charge is -1.97. The summed E-state index contributed by atoms with van der Waals surface area (Å²) in [6.07, 6.45) is 2.26. The number of ether oxygens (including phenoxy) is 1. The fourth-order valence-electron chi connectivity index (χ4n) is 0.828. The average Bonchev–Trinajstić information content (AvgIpc) is 2.27. The van der Waals surface area contributed by atoms with Crippen molar-refractivity contribution in [3.8, 4) is 0 Å².